The number of methoxy groups -OCH3 is 1. The maximum absolute atomic E-state index is 13.7. The lowest BCUT2D eigenvalue weighted by atomic mass is 9.98. The van der Waals surface area contributed by atoms with E-state index in [0.29, 0.717) is 16.7 Å². The summed E-state index contributed by atoms with van der Waals surface area (Å²) >= 11 is 0. The van der Waals surface area contributed by atoms with Crippen LogP contribution in [0.3, 0.4) is 0 Å². The minimum Gasteiger partial charge on any atom is -0.465 e. The molecule has 5 heteroatoms. The molecule has 1 heterocycles. The molecule has 1 aromatic carbocycles. The first-order chi connectivity index (χ1) is 9.04. The number of ether oxygens (including phenoxy) is 1. The summed E-state index contributed by atoms with van der Waals surface area (Å²) in [6, 6.07) is 6.59. The van der Waals surface area contributed by atoms with Crippen molar-refractivity contribution in [2.75, 3.05) is 7.11 Å². The summed E-state index contributed by atoms with van der Waals surface area (Å²) in [6.45, 7) is 1.47. The Bertz CT molecular complexity index is 605. The van der Waals surface area contributed by atoms with Crippen molar-refractivity contribution in [2.45, 2.75) is 13.1 Å². The number of halogens is 1. The van der Waals surface area contributed by atoms with Gasteiger partial charge in [-0.3, -0.25) is 4.68 Å². The summed E-state index contributed by atoms with van der Waals surface area (Å²) in [5, 5.41) is 4.07. The zero-order chi connectivity index (χ0) is 14.0. The minimum absolute atomic E-state index is 0.392. The van der Waals surface area contributed by atoms with Crippen LogP contribution in [-0.2, 0) is 11.8 Å². The predicted octanol–water partition coefficient (Wildman–Crippen LogP) is 2.90. The fraction of sp³-hybridized carbons (Fsp3) is 0.286. The number of alkyl halides is 1. The van der Waals surface area contributed by atoms with Crippen molar-refractivity contribution in [3.8, 4) is 11.3 Å². The first-order valence-electron chi connectivity index (χ1n) is 5.89. The second-order valence-corrected chi connectivity index (χ2v) is 4.25. The molecule has 0 aliphatic rings. The monoisotopic (exact) mass is 262 g/mol. The number of hydrogen-bond acceptors (Lipinski definition) is 3. The highest BCUT2D eigenvalue weighted by molar-refractivity contribution is 5.91. The number of hydrogen-bond donors (Lipinski definition) is 0. The van der Waals surface area contributed by atoms with Crippen molar-refractivity contribution in [3.05, 3.63) is 41.6 Å². The van der Waals surface area contributed by atoms with Gasteiger partial charge in [0.1, 0.15) is 6.17 Å². The molecule has 100 valence electrons. The van der Waals surface area contributed by atoms with E-state index < -0.39 is 12.1 Å². The zero-order valence-electron chi connectivity index (χ0n) is 11.1. The number of benzene rings is 1. The van der Waals surface area contributed by atoms with Gasteiger partial charge in [-0.25, -0.2) is 9.18 Å². The van der Waals surface area contributed by atoms with Crippen molar-refractivity contribution < 1.29 is 13.9 Å². The quantitative estimate of drug-likeness (QED) is 0.799. The molecule has 0 fully saturated rings. The number of nitrogens with zero attached hydrogens (tertiary/aromatic N) is 2. The molecule has 1 atom stereocenters. The van der Waals surface area contributed by atoms with Crippen LogP contribution >= 0.6 is 0 Å². The molecule has 0 saturated heterocycles. The van der Waals surface area contributed by atoms with Crippen LogP contribution in [0.5, 0.6) is 0 Å². The molecule has 19 heavy (non-hydrogen) atoms. The molecule has 1 aromatic heterocycles. The largest absolute Gasteiger partial charge is 0.465 e. The highest BCUT2D eigenvalue weighted by Crippen LogP contribution is 2.30. The van der Waals surface area contributed by atoms with Gasteiger partial charge in [-0.15, -0.1) is 0 Å². The second-order valence-electron chi connectivity index (χ2n) is 4.25. The smallest absolute Gasteiger partial charge is 0.337 e. The van der Waals surface area contributed by atoms with Gasteiger partial charge in [0.15, 0.2) is 0 Å². The van der Waals surface area contributed by atoms with Crippen molar-refractivity contribution >= 4 is 5.97 Å². The highest BCUT2D eigenvalue weighted by Gasteiger charge is 2.16. The third-order valence-electron chi connectivity index (χ3n) is 3.00. The van der Waals surface area contributed by atoms with E-state index in [1.165, 1.54) is 14.0 Å². The molecule has 0 aliphatic carbocycles. The number of aromatic nitrogens is 2. The molecule has 0 saturated carbocycles. The van der Waals surface area contributed by atoms with Gasteiger partial charge in [0, 0.05) is 18.8 Å². The van der Waals surface area contributed by atoms with Crippen LogP contribution in [0.2, 0.25) is 0 Å². The van der Waals surface area contributed by atoms with Gasteiger partial charge in [-0.1, -0.05) is 6.07 Å². The van der Waals surface area contributed by atoms with E-state index in [4.69, 9.17) is 0 Å². The van der Waals surface area contributed by atoms with Crippen LogP contribution < -0.4 is 0 Å². The van der Waals surface area contributed by atoms with Crippen LogP contribution in [-0.4, -0.2) is 22.9 Å². The van der Waals surface area contributed by atoms with Crippen molar-refractivity contribution in [3.63, 3.8) is 0 Å². The summed E-state index contributed by atoms with van der Waals surface area (Å²) < 4.78 is 20.0. The molecule has 0 amide bonds. The molecule has 2 rings (SSSR count). The number of esters is 1. The summed E-state index contributed by atoms with van der Waals surface area (Å²) in [6.07, 6.45) is 0.504. The third-order valence-corrected chi connectivity index (χ3v) is 3.00. The van der Waals surface area contributed by atoms with Crippen LogP contribution in [0.25, 0.3) is 11.3 Å². The van der Waals surface area contributed by atoms with Crippen molar-refractivity contribution in [1.29, 1.82) is 0 Å². The Labute approximate surface area is 110 Å². The summed E-state index contributed by atoms with van der Waals surface area (Å²) in [5.74, 6) is -0.443. The fourth-order valence-electron chi connectivity index (χ4n) is 2.01. The van der Waals surface area contributed by atoms with Gasteiger partial charge in [0.25, 0.3) is 0 Å². The van der Waals surface area contributed by atoms with Gasteiger partial charge in [-0.05, 0) is 30.7 Å². The lowest BCUT2D eigenvalue weighted by Gasteiger charge is -2.12. The molecule has 0 N–H and O–H groups in total. The number of carbonyl (C=O) groups is 1. The zero-order valence-corrected chi connectivity index (χ0v) is 11.1. The number of carbonyl (C=O) groups excluding carboxylic acids is 1. The predicted molar refractivity (Wildman–Crippen MR) is 69.5 cm³/mol. The Hall–Kier alpha value is -2.17. The van der Waals surface area contributed by atoms with Crippen LogP contribution in [0.15, 0.2) is 30.5 Å². The van der Waals surface area contributed by atoms with Crippen molar-refractivity contribution in [2.24, 2.45) is 7.05 Å². The maximum Gasteiger partial charge on any atom is 0.337 e. The van der Waals surface area contributed by atoms with E-state index in [9.17, 15) is 9.18 Å². The number of rotatable bonds is 3. The Morgan fingerprint density at radius 2 is 2.16 bits per heavy atom. The Morgan fingerprint density at radius 3 is 2.68 bits per heavy atom. The fourth-order valence-corrected chi connectivity index (χ4v) is 2.01. The molecular formula is C14H15FN2O2. The molecule has 1 unspecified atom stereocenters. The molecule has 4 nitrogen and oxygen atoms in total. The van der Waals surface area contributed by atoms with E-state index >= 15 is 0 Å². The maximum atomic E-state index is 13.7. The highest BCUT2D eigenvalue weighted by atomic mass is 19.1. The van der Waals surface area contributed by atoms with Gasteiger partial charge in [0.2, 0.25) is 0 Å². The van der Waals surface area contributed by atoms with E-state index in [2.05, 4.69) is 9.84 Å². The molecule has 0 bridgehead atoms. The summed E-state index contributed by atoms with van der Waals surface area (Å²) in [4.78, 5) is 11.6. The van der Waals surface area contributed by atoms with Crippen molar-refractivity contribution in [1.82, 2.24) is 9.78 Å². The second kappa shape index (κ2) is 5.22. The van der Waals surface area contributed by atoms with Gasteiger partial charge < -0.3 is 4.74 Å². The first kappa shape index (κ1) is 13.3. The Balaban J connectivity index is 2.61. The summed E-state index contributed by atoms with van der Waals surface area (Å²) in [5.41, 5.74) is 2.32. The molecule has 2 aromatic rings. The third kappa shape index (κ3) is 2.50. The van der Waals surface area contributed by atoms with E-state index in [1.807, 2.05) is 0 Å². The summed E-state index contributed by atoms with van der Waals surface area (Å²) in [7, 11) is 3.09. The number of aryl methyl sites for hydroxylation is 1. The minimum atomic E-state index is -1.13. The molecular weight excluding hydrogens is 247 g/mol. The first-order valence-corrected chi connectivity index (χ1v) is 5.89. The normalized spacial score (nSPS) is 12.2. The lowest BCUT2D eigenvalue weighted by Crippen LogP contribution is -2.04. The van der Waals surface area contributed by atoms with Gasteiger partial charge >= 0.3 is 5.97 Å². The lowest BCUT2D eigenvalue weighted by molar-refractivity contribution is 0.0600. The van der Waals surface area contributed by atoms with Gasteiger partial charge in [0.05, 0.1) is 18.4 Å². The SMILES string of the molecule is COC(=O)c1ccc(C(C)F)c(-c2ccnn2C)c1. The Morgan fingerprint density at radius 1 is 1.42 bits per heavy atom. The van der Waals surface area contributed by atoms with Crippen LogP contribution in [0.1, 0.15) is 29.0 Å². The van der Waals surface area contributed by atoms with Crippen LogP contribution in [0.4, 0.5) is 4.39 Å². The van der Waals surface area contributed by atoms with Gasteiger partial charge in [-0.2, -0.15) is 5.10 Å². The average Bonchev–Trinajstić information content (AvgIpc) is 2.83. The average molecular weight is 262 g/mol. The molecule has 0 radical (unpaired) electrons. The Kier molecular flexibility index (Phi) is 3.64. The standard InChI is InChI=1S/C14H15FN2O2/c1-9(15)11-5-4-10(14(18)19-3)8-12(11)13-6-7-16-17(13)2/h4-9H,1-3H3. The van der Waals surface area contributed by atoms with E-state index in [1.54, 1.807) is 42.2 Å². The van der Waals surface area contributed by atoms with E-state index in [0.717, 1.165) is 5.69 Å². The molecule has 0 spiro atoms. The molecule has 0 aliphatic heterocycles. The topological polar surface area (TPSA) is 44.1 Å². The van der Waals surface area contributed by atoms with Crippen LogP contribution in [0, 0.1) is 0 Å². The van der Waals surface area contributed by atoms with E-state index in [-0.39, 0.29) is 0 Å².